The lowest BCUT2D eigenvalue weighted by molar-refractivity contribution is 0.612. The van der Waals surface area contributed by atoms with Gasteiger partial charge in [-0.25, -0.2) is 0 Å². The summed E-state index contributed by atoms with van der Waals surface area (Å²) >= 11 is 1.85. The number of fused-ring (bicyclic) bond motifs is 1. The van der Waals surface area contributed by atoms with Crippen LogP contribution >= 0.6 is 11.3 Å². The summed E-state index contributed by atoms with van der Waals surface area (Å²) in [6, 6.07) is 12.7. The van der Waals surface area contributed by atoms with Crippen molar-refractivity contribution in [1.82, 2.24) is 0 Å². The smallest absolute Gasteiger partial charge is 0.137 e. The van der Waals surface area contributed by atoms with Gasteiger partial charge in [0.2, 0.25) is 0 Å². The summed E-state index contributed by atoms with van der Waals surface area (Å²) in [7, 11) is 0. The summed E-state index contributed by atoms with van der Waals surface area (Å²) in [5.74, 6) is 0. The Balaban J connectivity index is 2.03. The zero-order chi connectivity index (χ0) is 11.0. The van der Waals surface area contributed by atoms with E-state index in [9.17, 15) is 0 Å². The normalized spacial score (nSPS) is 11.1. The third-order valence-electron chi connectivity index (χ3n) is 2.72. The van der Waals surface area contributed by atoms with Crippen LogP contribution in [0.2, 0.25) is 0 Å². The summed E-state index contributed by atoms with van der Waals surface area (Å²) in [5, 5.41) is 1.19. The van der Waals surface area contributed by atoms with Crippen LogP contribution in [0.4, 0.5) is 0 Å². The first kappa shape index (κ1) is 9.67. The first-order valence-electron chi connectivity index (χ1n) is 5.33. The molecule has 0 aliphatic carbocycles. The van der Waals surface area contributed by atoms with Crippen molar-refractivity contribution < 1.29 is 4.42 Å². The van der Waals surface area contributed by atoms with Crippen molar-refractivity contribution in [1.29, 1.82) is 0 Å². The van der Waals surface area contributed by atoms with Gasteiger partial charge in [0.05, 0.1) is 6.26 Å². The zero-order valence-electron chi connectivity index (χ0n) is 9.07. The molecule has 3 aromatic rings. The zero-order valence-corrected chi connectivity index (χ0v) is 9.88. The summed E-state index contributed by atoms with van der Waals surface area (Å²) in [5.41, 5.74) is 2.29. The van der Waals surface area contributed by atoms with Crippen LogP contribution in [0.15, 0.2) is 47.1 Å². The third kappa shape index (κ3) is 1.65. The molecule has 0 radical (unpaired) electrons. The molecule has 16 heavy (non-hydrogen) atoms. The number of rotatable bonds is 2. The lowest BCUT2D eigenvalue weighted by atomic mass is 10.1. The highest BCUT2D eigenvalue weighted by Crippen LogP contribution is 2.25. The van der Waals surface area contributed by atoms with Gasteiger partial charge in [-0.1, -0.05) is 18.2 Å². The second-order valence-electron chi connectivity index (χ2n) is 3.95. The highest BCUT2D eigenvalue weighted by Gasteiger charge is 2.05. The van der Waals surface area contributed by atoms with Gasteiger partial charge in [-0.3, -0.25) is 0 Å². The van der Waals surface area contributed by atoms with Gasteiger partial charge in [0.25, 0.3) is 0 Å². The Bertz CT molecular complexity index is 618. The molecule has 2 heterocycles. The second kappa shape index (κ2) is 3.80. The van der Waals surface area contributed by atoms with Crippen LogP contribution in [0, 0.1) is 6.92 Å². The van der Waals surface area contributed by atoms with Crippen LogP contribution in [-0.4, -0.2) is 0 Å². The van der Waals surface area contributed by atoms with Gasteiger partial charge < -0.3 is 4.42 Å². The van der Waals surface area contributed by atoms with Gasteiger partial charge in [0.1, 0.15) is 5.58 Å². The Labute approximate surface area is 98.3 Å². The van der Waals surface area contributed by atoms with Crippen LogP contribution in [0.25, 0.3) is 11.0 Å². The molecule has 1 nitrogen and oxygen atoms in total. The Kier molecular flexibility index (Phi) is 2.29. The van der Waals surface area contributed by atoms with Crippen molar-refractivity contribution in [3.8, 4) is 0 Å². The highest BCUT2D eigenvalue weighted by molar-refractivity contribution is 7.11. The van der Waals surface area contributed by atoms with Gasteiger partial charge in [-0.2, -0.15) is 0 Å². The van der Waals surface area contributed by atoms with E-state index in [1.807, 2.05) is 17.4 Å². The standard InChI is InChI=1S/C14H12OS/c1-10-5-6-13(16-10)9-12-4-2-3-11-7-8-15-14(11)12/h2-8H,9H2,1H3. The van der Waals surface area contributed by atoms with Crippen molar-refractivity contribution in [3.05, 3.63) is 58.0 Å². The van der Waals surface area contributed by atoms with Crippen molar-refractivity contribution in [2.75, 3.05) is 0 Å². The van der Waals surface area contributed by atoms with Crippen LogP contribution in [0.3, 0.4) is 0 Å². The Morgan fingerprint density at radius 2 is 2.06 bits per heavy atom. The maximum atomic E-state index is 5.53. The molecule has 0 saturated carbocycles. The molecule has 0 atom stereocenters. The van der Waals surface area contributed by atoms with Crippen molar-refractivity contribution in [2.45, 2.75) is 13.3 Å². The number of hydrogen-bond donors (Lipinski definition) is 0. The topological polar surface area (TPSA) is 13.1 Å². The van der Waals surface area contributed by atoms with E-state index in [0.717, 1.165) is 12.0 Å². The van der Waals surface area contributed by atoms with Gasteiger partial charge >= 0.3 is 0 Å². The molecule has 0 fully saturated rings. The van der Waals surface area contributed by atoms with E-state index in [0.29, 0.717) is 0 Å². The predicted molar refractivity (Wildman–Crippen MR) is 68.1 cm³/mol. The fraction of sp³-hybridized carbons (Fsp3) is 0.143. The van der Waals surface area contributed by atoms with E-state index in [-0.39, 0.29) is 0 Å². The van der Waals surface area contributed by atoms with Gasteiger partial charge in [-0.05, 0) is 25.1 Å². The van der Waals surface area contributed by atoms with Crippen LogP contribution in [0.5, 0.6) is 0 Å². The largest absolute Gasteiger partial charge is 0.464 e. The van der Waals surface area contributed by atoms with Crippen molar-refractivity contribution in [2.24, 2.45) is 0 Å². The first-order valence-corrected chi connectivity index (χ1v) is 6.15. The van der Waals surface area contributed by atoms with Crippen molar-refractivity contribution in [3.63, 3.8) is 0 Å². The maximum absolute atomic E-state index is 5.53. The van der Waals surface area contributed by atoms with E-state index < -0.39 is 0 Å². The lowest BCUT2D eigenvalue weighted by Gasteiger charge is -1.99. The molecule has 0 saturated heterocycles. The molecule has 2 heteroatoms. The Hall–Kier alpha value is -1.54. The predicted octanol–water partition coefficient (Wildman–Crippen LogP) is 4.39. The molecule has 0 unspecified atom stereocenters. The van der Waals surface area contributed by atoms with Gasteiger partial charge in [-0.15, -0.1) is 11.3 Å². The fourth-order valence-electron chi connectivity index (χ4n) is 1.96. The summed E-state index contributed by atoms with van der Waals surface area (Å²) in [6.07, 6.45) is 2.72. The molecular formula is C14H12OS. The third-order valence-corrected chi connectivity index (χ3v) is 3.72. The van der Waals surface area contributed by atoms with Crippen molar-refractivity contribution >= 4 is 22.3 Å². The summed E-state index contributed by atoms with van der Waals surface area (Å²) < 4.78 is 5.53. The van der Waals surface area contributed by atoms with Gasteiger partial charge in [0, 0.05) is 27.1 Å². The molecule has 0 bridgehead atoms. The Morgan fingerprint density at radius 1 is 1.12 bits per heavy atom. The molecule has 0 aliphatic heterocycles. The second-order valence-corrected chi connectivity index (χ2v) is 5.32. The molecule has 0 spiro atoms. The summed E-state index contributed by atoms with van der Waals surface area (Å²) in [6.45, 7) is 2.14. The fourth-order valence-corrected chi connectivity index (χ4v) is 2.88. The van der Waals surface area contributed by atoms with Crippen LogP contribution in [0.1, 0.15) is 15.3 Å². The number of thiophene rings is 1. The molecule has 0 N–H and O–H groups in total. The quantitative estimate of drug-likeness (QED) is 0.634. The SMILES string of the molecule is Cc1ccc(Cc2cccc3ccoc23)s1. The van der Waals surface area contributed by atoms with Crippen LogP contribution in [-0.2, 0) is 6.42 Å². The number of hydrogen-bond acceptors (Lipinski definition) is 2. The monoisotopic (exact) mass is 228 g/mol. The molecule has 2 aromatic heterocycles. The lowest BCUT2D eigenvalue weighted by Crippen LogP contribution is -1.84. The Morgan fingerprint density at radius 3 is 2.88 bits per heavy atom. The van der Waals surface area contributed by atoms with E-state index in [1.165, 1.54) is 20.7 Å². The minimum atomic E-state index is 0.962. The molecule has 3 rings (SSSR count). The first-order chi connectivity index (χ1) is 7.83. The van der Waals surface area contributed by atoms with Crippen LogP contribution < -0.4 is 0 Å². The molecule has 1 aromatic carbocycles. The van der Waals surface area contributed by atoms with Gasteiger partial charge in [0.15, 0.2) is 0 Å². The number of aryl methyl sites for hydroxylation is 1. The van der Waals surface area contributed by atoms with E-state index in [1.54, 1.807) is 6.26 Å². The summed E-state index contributed by atoms with van der Waals surface area (Å²) in [4.78, 5) is 2.75. The highest BCUT2D eigenvalue weighted by atomic mass is 32.1. The average Bonchev–Trinajstić information content (AvgIpc) is 2.87. The number of para-hydroxylation sites is 1. The maximum Gasteiger partial charge on any atom is 0.137 e. The minimum absolute atomic E-state index is 0.962. The molecule has 0 amide bonds. The molecular weight excluding hydrogens is 216 g/mol. The van der Waals surface area contributed by atoms with E-state index in [2.05, 4.69) is 37.3 Å². The minimum Gasteiger partial charge on any atom is -0.464 e. The average molecular weight is 228 g/mol. The van der Waals surface area contributed by atoms with E-state index in [4.69, 9.17) is 4.42 Å². The molecule has 80 valence electrons. The number of furan rings is 1. The van der Waals surface area contributed by atoms with E-state index >= 15 is 0 Å². The number of benzene rings is 1. The molecule has 0 aliphatic rings.